The van der Waals surface area contributed by atoms with Crippen molar-refractivity contribution < 1.29 is 14.4 Å². The van der Waals surface area contributed by atoms with Gasteiger partial charge in [-0.05, 0) is 18.1 Å². The number of ether oxygens (including phenoxy) is 1. The molecule has 0 fully saturated rings. The molecular formula is C13H11NO3. The zero-order valence-corrected chi connectivity index (χ0v) is 9.34. The molecule has 0 radical (unpaired) electrons. The molecule has 0 amide bonds. The lowest BCUT2D eigenvalue weighted by Crippen LogP contribution is -2.14. The van der Waals surface area contributed by atoms with E-state index in [9.17, 15) is 4.79 Å². The van der Waals surface area contributed by atoms with Crippen molar-refractivity contribution in [2.24, 2.45) is 5.16 Å². The van der Waals surface area contributed by atoms with Crippen molar-refractivity contribution in [3.8, 4) is 11.8 Å². The molecule has 0 spiro atoms. The summed E-state index contributed by atoms with van der Waals surface area (Å²) in [6.45, 7) is 3.31. The Hall–Kier alpha value is -2.54. The Bertz CT molecular complexity index is 480. The Labute approximate surface area is 99.5 Å². The third-order valence-corrected chi connectivity index (χ3v) is 1.70. The van der Waals surface area contributed by atoms with Crippen LogP contribution in [0.4, 0.5) is 0 Å². The summed E-state index contributed by atoms with van der Waals surface area (Å²) in [6.07, 6.45) is 1.09. The van der Waals surface area contributed by atoms with E-state index in [0.29, 0.717) is 0 Å². The van der Waals surface area contributed by atoms with E-state index in [1.54, 1.807) is 0 Å². The number of oxime groups is 1. The van der Waals surface area contributed by atoms with Crippen LogP contribution in [0.1, 0.15) is 5.56 Å². The lowest BCUT2D eigenvalue weighted by Gasteiger charge is -1.95. The van der Waals surface area contributed by atoms with Crippen LogP contribution in [0.5, 0.6) is 0 Å². The van der Waals surface area contributed by atoms with Gasteiger partial charge in [0.15, 0.2) is 0 Å². The van der Waals surface area contributed by atoms with E-state index in [-0.39, 0.29) is 5.71 Å². The second kappa shape index (κ2) is 6.85. The molecule has 0 saturated carbocycles. The van der Waals surface area contributed by atoms with Gasteiger partial charge in [-0.2, -0.15) is 0 Å². The van der Waals surface area contributed by atoms with Gasteiger partial charge in [0.25, 0.3) is 0 Å². The predicted molar refractivity (Wildman–Crippen MR) is 64.1 cm³/mol. The van der Waals surface area contributed by atoms with Crippen LogP contribution < -0.4 is 0 Å². The molecule has 1 aromatic rings. The molecule has 0 heterocycles. The van der Waals surface area contributed by atoms with Crippen molar-refractivity contribution in [3.05, 3.63) is 48.7 Å². The van der Waals surface area contributed by atoms with Crippen LogP contribution in [0.25, 0.3) is 0 Å². The fraction of sp³-hybridized carbons (Fsp3) is 0.0769. The lowest BCUT2D eigenvalue weighted by atomic mass is 10.2. The molecule has 1 aromatic carbocycles. The van der Waals surface area contributed by atoms with Crippen LogP contribution in [-0.4, -0.2) is 18.8 Å². The number of methoxy groups -OCH3 is 1. The van der Waals surface area contributed by atoms with Gasteiger partial charge in [0.1, 0.15) is 6.26 Å². The number of hydrogen-bond donors (Lipinski definition) is 0. The summed E-state index contributed by atoms with van der Waals surface area (Å²) in [5.74, 6) is 4.69. The summed E-state index contributed by atoms with van der Waals surface area (Å²) in [7, 11) is 1.25. The van der Waals surface area contributed by atoms with Crippen molar-refractivity contribution in [1.29, 1.82) is 0 Å². The average Bonchev–Trinajstić information content (AvgIpc) is 2.39. The van der Waals surface area contributed by atoms with E-state index in [2.05, 4.69) is 33.1 Å². The maximum absolute atomic E-state index is 11.3. The van der Waals surface area contributed by atoms with E-state index in [1.807, 2.05) is 30.3 Å². The highest BCUT2D eigenvalue weighted by Gasteiger charge is 2.09. The molecule has 0 saturated heterocycles. The van der Waals surface area contributed by atoms with Crippen LogP contribution in [-0.2, 0) is 14.4 Å². The van der Waals surface area contributed by atoms with Crippen molar-refractivity contribution in [2.45, 2.75) is 0 Å². The maximum Gasteiger partial charge on any atom is 0.369 e. The van der Waals surface area contributed by atoms with Gasteiger partial charge in [-0.25, -0.2) is 4.79 Å². The number of nitrogens with zero attached hydrogens (tertiary/aromatic N) is 1. The summed E-state index contributed by atoms with van der Waals surface area (Å²) >= 11 is 0. The van der Waals surface area contributed by atoms with Crippen LogP contribution >= 0.6 is 0 Å². The fourth-order valence-electron chi connectivity index (χ4n) is 0.951. The normalized spacial score (nSPS) is 9.82. The number of carbonyl (C=O) groups excluding carboxylic acids is 1. The van der Waals surface area contributed by atoms with Gasteiger partial charge in [-0.3, -0.25) is 0 Å². The highest BCUT2D eigenvalue weighted by molar-refractivity contribution is 6.43. The van der Waals surface area contributed by atoms with E-state index in [0.717, 1.165) is 11.8 Å². The van der Waals surface area contributed by atoms with E-state index in [1.165, 1.54) is 7.11 Å². The Morgan fingerprint density at radius 1 is 1.41 bits per heavy atom. The number of rotatable bonds is 3. The molecule has 0 aliphatic carbocycles. The van der Waals surface area contributed by atoms with Gasteiger partial charge in [0.05, 0.1) is 7.11 Å². The summed E-state index contributed by atoms with van der Waals surface area (Å²) in [4.78, 5) is 15.8. The Kier molecular flexibility index (Phi) is 5.05. The highest BCUT2D eigenvalue weighted by atomic mass is 16.6. The molecule has 0 N–H and O–H groups in total. The van der Waals surface area contributed by atoms with E-state index < -0.39 is 5.97 Å². The minimum Gasteiger partial charge on any atom is -0.464 e. The van der Waals surface area contributed by atoms with E-state index in [4.69, 9.17) is 0 Å². The summed E-state index contributed by atoms with van der Waals surface area (Å²) in [5.41, 5.74) is 0.652. The Balaban J connectivity index is 2.91. The minimum atomic E-state index is -0.657. The first-order valence-corrected chi connectivity index (χ1v) is 4.78. The highest BCUT2D eigenvalue weighted by Crippen LogP contribution is 1.95. The van der Waals surface area contributed by atoms with Gasteiger partial charge in [0.2, 0.25) is 5.71 Å². The van der Waals surface area contributed by atoms with Crippen molar-refractivity contribution in [1.82, 2.24) is 0 Å². The Morgan fingerprint density at radius 3 is 2.71 bits per heavy atom. The first kappa shape index (κ1) is 12.5. The van der Waals surface area contributed by atoms with Crippen molar-refractivity contribution in [3.63, 3.8) is 0 Å². The van der Waals surface area contributed by atoms with Gasteiger partial charge in [-0.15, -0.1) is 0 Å². The Morgan fingerprint density at radius 2 is 2.12 bits per heavy atom. The van der Waals surface area contributed by atoms with Gasteiger partial charge >= 0.3 is 5.97 Å². The maximum atomic E-state index is 11.3. The second-order valence-electron chi connectivity index (χ2n) is 2.82. The van der Waals surface area contributed by atoms with Gasteiger partial charge < -0.3 is 9.57 Å². The monoisotopic (exact) mass is 229 g/mol. The van der Waals surface area contributed by atoms with Gasteiger partial charge in [0, 0.05) is 5.56 Å². The number of hydrogen-bond acceptors (Lipinski definition) is 4. The first-order valence-electron chi connectivity index (χ1n) is 4.78. The largest absolute Gasteiger partial charge is 0.464 e. The molecule has 0 aliphatic rings. The third-order valence-electron chi connectivity index (χ3n) is 1.70. The molecule has 4 heteroatoms. The van der Waals surface area contributed by atoms with Gasteiger partial charge in [-0.1, -0.05) is 35.9 Å². The summed E-state index contributed by atoms with van der Waals surface area (Å²) in [6, 6.07) is 9.20. The molecule has 0 aromatic heterocycles. The van der Waals surface area contributed by atoms with E-state index >= 15 is 0 Å². The molecule has 0 bridgehead atoms. The molecule has 0 atom stereocenters. The summed E-state index contributed by atoms with van der Waals surface area (Å²) < 4.78 is 4.51. The standard InChI is InChI=1S/C13H11NO3/c1-3-17-14-12(13(15)16-2)10-9-11-7-5-4-6-8-11/h3-8H,1H2,2H3/b14-12-. The molecule has 0 unspecified atom stereocenters. The van der Waals surface area contributed by atoms with Crippen molar-refractivity contribution >= 4 is 11.7 Å². The third kappa shape index (κ3) is 4.22. The van der Waals surface area contributed by atoms with Crippen LogP contribution in [0, 0.1) is 11.8 Å². The first-order chi connectivity index (χ1) is 8.27. The van der Waals surface area contributed by atoms with Crippen molar-refractivity contribution in [2.75, 3.05) is 7.11 Å². The lowest BCUT2D eigenvalue weighted by molar-refractivity contribution is -0.132. The average molecular weight is 229 g/mol. The molecule has 4 nitrogen and oxygen atoms in total. The SMILES string of the molecule is C=CO/N=C(/C#Cc1ccccc1)C(=O)OC. The molecule has 0 aliphatic heterocycles. The number of benzene rings is 1. The van der Waals surface area contributed by atoms with Crippen LogP contribution in [0.15, 0.2) is 48.3 Å². The molecule has 86 valence electrons. The fourth-order valence-corrected chi connectivity index (χ4v) is 0.951. The zero-order valence-electron chi connectivity index (χ0n) is 9.34. The van der Waals surface area contributed by atoms with Crippen LogP contribution in [0.2, 0.25) is 0 Å². The summed E-state index contributed by atoms with van der Waals surface area (Å²) in [5, 5.41) is 3.48. The smallest absolute Gasteiger partial charge is 0.369 e. The topological polar surface area (TPSA) is 47.9 Å². The number of esters is 1. The molecular weight excluding hydrogens is 218 g/mol. The second-order valence-corrected chi connectivity index (χ2v) is 2.82. The van der Waals surface area contributed by atoms with Crippen LogP contribution in [0.3, 0.4) is 0 Å². The zero-order chi connectivity index (χ0) is 12.5. The quantitative estimate of drug-likeness (QED) is 0.261. The number of carbonyl (C=O) groups is 1. The predicted octanol–water partition coefficient (Wildman–Crippen LogP) is 1.73. The molecule has 1 rings (SSSR count). The minimum absolute atomic E-state index is 0.115. The molecule has 17 heavy (non-hydrogen) atoms.